The number of aryl methyl sites for hydroxylation is 1. The minimum absolute atomic E-state index is 0.0269. The molecule has 3 aliphatic rings. The van der Waals surface area contributed by atoms with E-state index in [1.54, 1.807) is 19.1 Å². The van der Waals surface area contributed by atoms with Crippen molar-refractivity contribution in [3.05, 3.63) is 35.6 Å². The van der Waals surface area contributed by atoms with E-state index < -0.39 is 0 Å². The van der Waals surface area contributed by atoms with E-state index in [1.165, 1.54) is 4.90 Å². The van der Waals surface area contributed by atoms with Gasteiger partial charge in [0, 0.05) is 31.3 Å². The summed E-state index contributed by atoms with van der Waals surface area (Å²) < 4.78 is 5.00. The first kappa shape index (κ1) is 20.5. The number of amides is 3. The average Bonchev–Trinajstić information content (AvgIpc) is 3.48. The minimum Gasteiger partial charge on any atom is -0.360 e. The summed E-state index contributed by atoms with van der Waals surface area (Å²) in [6.07, 6.45) is 4.78. The molecule has 1 aromatic heterocycles. The van der Waals surface area contributed by atoms with Gasteiger partial charge < -0.3 is 19.6 Å². The zero-order valence-corrected chi connectivity index (χ0v) is 18.2. The van der Waals surface area contributed by atoms with Crippen LogP contribution in [-0.2, 0) is 9.59 Å². The van der Waals surface area contributed by atoms with Crippen molar-refractivity contribution < 1.29 is 18.9 Å². The maximum absolute atomic E-state index is 13.4. The molecule has 9 nitrogen and oxygen atoms in total. The summed E-state index contributed by atoms with van der Waals surface area (Å²) in [4.78, 5) is 44.7. The van der Waals surface area contributed by atoms with Crippen molar-refractivity contribution >= 4 is 34.9 Å². The zero-order valence-electron chi connectivity index (χ0n) is 18.2. The van der Waals surface area contributed by atoms with Crippen LogP contribution in [0.1, 0.15) is 48.2 Å². The Labute approximate surface area is 186 Å². The summed E-state index contributed by atoms with van der Waals surface area (Å²) >= 11 is 0. The largest absolute Gasteiger partial charge is 0.360 e. The SMILES string of the molecule is Cc1cc(NC(=O)CN2C(=O)C3CCCCN3c3ccc(C(=O)N4CCCC4)cc32)no1. The third-order valence-corrected chi connectivity index (χ3v) is 6.47. The van der Waals surface area contributed by atoms with Gasteiger partial charge in [-0.25, -0.2) is 0 Å². The summed E-state index contributed by atoms with van der Waals surface area (Å²) in [6, 6.07) is 6.89. The molecule has 3 aliphatic heterocycles. The molecule has 3 amide bonds. The molecule has 1 aromatic carbocycles. The predicted molar refractivity (Wildman–Crippen MR) is 119 cm³/mol. The fraction of sp³-hybridized carbons (Fsp3) is 0.478. The maximum Gasteiger partial charge on any atom is 0.253 e. The van der Waals surface area contributed by atoms with E-state index in [4.69, 9.17) is 4.52 Å². The van der Waals surface area contributed by atoms with Gasteiger partial charge in [0.15, 0.2) is 5.82 Å². The molecule has 32 heavy (non-hydrogen) atoms. The molecule has 0 saturated carbocycles. The van der Waals surface area contributed by atoms with Gasteiger partial charge in [-0.15, -0.1) is 0 Å². The molecule has 0 radical (unpaired) electrons. The number of rotatable bonds is 4. The summed E-state index contributed by atoms with van der Waals surface area (Å²) in [5.41, 5.74) is 2.06. The third kappa shape index (κ3) is 3.72. The highest BCUT2D eigenvalue weighted by Gasteiger charge is 2.40. The number of aromatic nitrogens is 1. The lowest BCUT2D eigenvalue weighted by Crippen LogP contribution is -2.56. The summed E-state index contributed by atoms with van der Waals surface area (Å²) in [6.45, 7) is 3.90. The highest BCUT2D eigenvalue weighted by Crippen LogP contribution is 2.40. The monoisotopic (exact) mass is 437 g/mol. The lowest BCUT2D eigenvalue weighted by Gasteiger charge is -2.45. The smallest absolute Gasteiger partial charge is 0.253 e. The first-order valence-corrected chi connectivity index (χ1v) is 11.3. The number of hydrogen-bond donors (Lipinski definition) is 1. The molecule has 4 heterocycles. The van der Waals surface area contributed by atoms with E-state index in [0.29, 0.717) is 22.8 Å². The molecule has 0 bridgehead atoms. The fourth-order valence-corrected chi connectivity index (χ4v) is 4.91. The van der Waals surface area contributed by atoms with Crippen LogP contribution in [0.15, 0.2) is 28.8 Å². The Balaban J connectivity index is 1.46. The van der Waals surface area contributed by atoms with Gasteiger partial charge in [-0.2, -0.15) is 0 Å². The van der Waals surface area contributed by atoms with Crippen LogP contribution >= 0.6 is 0 Å². The zero-order chi connectivity index (χ0) is 22.2. The van der Waals surface area contributed by atoms with Crippen molar-refractivity contribution in [2.24, 2.45) is 0 Å². The summed E-state index contributed by atoms with van der Waals surface area (Å²) in [5.74, 6) is 0.408. The lowest BCUT2D eigenvalue weighted by molar-refractivity contribution is -0.123. The van der Waals surface area contributed by atoms with Crippen molar-refractivity contribution in [1.82, 2.24) is 10.1 Å². The number of benzene rings is 1. The number of likely N-dealkylation sites (tertiary alicyclic amines) is 1. The lowest BCUT2D eigenvalue weighted by atomic mass is 9.95. The molecule has 2 saturated heterocycles. The van der Waals surface area contributed by atoms with Crippen LogP contribution < -0.4 is 15.1 Å². The molecule has 1 N–H and O–H groups in total. The number of piperidine rings is 1. The Morgan fingerprint density at radius 1 is 1.09 bits per heavy atom. The number of hydrogen-bond acceptors (Lipinski definition) is 6. The molecule has 2 aromatic rings. The van der Waals surface area contributed by atoms with E-state index in [0.717, 1.165) is 57.4 Å². The van der Waals surface area contributed by atoms with Gasteiger partial charge in [-0.3, -0.25) is 19.3 Å². The molecule has 2 fully saturated rings. The normalized spacial score (nSPS) is 20.2. The van der Waals surface area contributed by atoms with Gasteiger partial charge in [0.2, 0.25) is 11.8 Å². The van der Waals surface area contributed by atoms with Crippen LogP contribution in [-0.4, -0.2) is 60.0 Å². The van der Waals surface area contributed by atoms with Crippen LogP contribution in [0.2, 0.25) is 0 Å². The van der Waals surface area contributed by atoms with E-state index in [1.807, 2.05) is 17.0 Å². The Hall–Kier alpha value is -3.36. The van der Waals surface area contributed by atoms with E-state index in [-0.39, 0.29) is 30.3 Å². The number of nitrogens with one attached hydrogen (secondary N) is 1. The first-order chi connectivity index (χ1) is 15.5. The topological polar surface area (TPSA) is 99.0 Å². The van der Waals surface area contributed by atoms with Crippen molar-refractivity contribution in [2.75, 3.05) is 41.3 Å². The molecule has 1 atom stereocenters. The van der Waals surface area contributed by atoms with Gasteiger partial charge in [0.1, 0.15) is 18.3 Å². The van der Waals surface area contributed by atoms with Crippen LogP contribution in [0.25, 0.3) is 0 Å². The molecule has 168 valence electrons. The van der Waals surface area contributed by atoms with E-state index in [9.17, 15) is 14.4 Å². The second-order valence-corrected chi connectivity index (χ2v) is 8.70. The Bertz CT molecular complexity index is 1060. The summed E-state index contributed by atoms with van der Waals surface area (Å²) in [5, 5.41) is 6.48. The predicted octanol–water partition coefficient (Wildman–Crippen LogP) is 2.56. The van der Waals surface area contributed by atoms with Gasteiger partial charge in [-0.1, -0.05) is 5.16 Å². The standard InChI is InChI=1S/C23H27N5O4/c1-15-12-20(25-32-15)24-21(29)14-28-19-13-16(22(30)26-9-4-5-10-26)7-8-17(19)27-11-3-2-6-18(27)23(28)31/h7-8,12-13,18H,2-6,9-11,14H2,1H3,(H,24,25,29). The van der Waals surface area contributed by atoms with Crippen molar-refractivity contribution in [3.63, 3.8) is 0 Å². The molecule has 0 spiro atoms. The van der Waals surface area contributed by atoms with Gasteiger partial charge in [0.05, 0.1) is 11.4 Å². The van der Waals surface area contributed by atoms with Gasteiger partial charge >= 0.3 is 0 Å². The van der Waals surface area contributed by atoms with Crippen LogP contribution in [0.3, 0.4) is 0 Å². The Morgan fingerprint density at radius 3 is 2.62 bits per heavy atom. The summed E-state index contributed by atoms with van der Waals surface area (Å²) in [7, 11) is 0. The second-order valence-electron chi connectivity index (χ2n) is 8.70. The third-order valence-electron chi connectivity index (χ3n) is 6.47. The second kappa shape index (κ2) is 8.29. The number of carbonyl (C=O) groups is 3. The molecule has 5 rings (SSSR count). The molecule has 0 aliphatic carbocycles. The minimum atomic E-state index is -0.363. The quantitative estimate of drug-likeness (QED) is 0.789. The maximum atomic E-state index is 13.4. The van der Waals surface area contributed by atoms with Crippen LogP contribution in [0.4, 0.5) is 17.2 Å². The Morgan fingerprint density at radius 2 is 1.88 bits per heavy atom. The van der Waals surface area contributed by atoms with E-state index >= 15 is 0 Å². The average molecular weight is 438 g/mol. The molecule has 9 heteroatoms. The van der Waals surface area contributed by atoms with Gasteiger partial charge in [0.25, 0.3) is 5.91 Å². The van der Waals surface area contributed by atoms with Crippen LogP contribution in [0.5, 0.6) is 0 Å². The highest BCUT2D eigenvalue weighted by molar-refractivity contribution is 6.11. The Kier molecular flexibility index (Phi) is 5.32. The number of anilines is 3. The molecule has 1 unspecified atom stereocenters. The van der Waals surface area contributed by atoms with Crippen molar-refractivity contribution in [3.8, 4) is 0 Å². The first-order valence-electron chi connectivity index (χ1n) is 11.3. The molecular weight excluding hydrogens is 410 g/mol. The number of nitrogens with zero attached hydrogens (tertiary/aromatic N) is 4. The fourth-order valence-electron chi connectivity index (χ4n) is 4.91. The number of fused-ring (bicyclic) bond motifs is 3. The number of carbonyl (C=O) groups excluding carboxylic acids is 3. The highest BCUT2D eigenvalue weighted by atomic mass is 16.5. The van der Waals surface area contributed by atoms with Gasteiger partial charge in [-0.05, 0) is 57.2 Å². The van der Waals surface area contributed by atoms with E-state index in [2.05, 4.69) is 15.4 Å². The van der Waals surface area contributed by atoms with Crippen molar-refractivity contribution in [1.29, 1.82) is 0 Å². The van der Waals surface area contributed by atoms with Crippen LogP contribution in [0, 0.1) is 6.92 Å². The molecular formula is C23H27N5O4. The van der Waals surface area contributed by atoms with Crippen molar-refractivity contribution in [2.45, 2.75) is 45.1 Å².